The Morgan fingerprint density at radius 1 is 0.614 bits per heavy atom. The fraction of sp³-hybridized carbons (Fsp3) is 0.294. The Morgan fingerprint density at radius 2 is 1.30 bits per heavy atom. The molecule has 0 saturated carbocycles. The second kappa shape index (κ2) is 14.5. The maximum atomic E-state index is 6.66. The number of para-hydroxylation sites is 1. The summed E-state index contributed by atoms with van der Waals surface area (Å²) < 4.78 is 8.86. The van der Waals surface area contributed by atoms with E-state index in [1.807, 2.05) is 18.3 Å². The van der Waals surface area contributed by atoms with Gasteiger partial charge in [0.05, 0.1) is 0 Å². The van der Waals surface area contributed by atoms with Crippen molar-refractivity contribution in [3.05, 3.63) is 149 Å². The minimum Gasteiger partial charge on any atom is -0.509 e. The van der Waals surface area contributed by atoms with Crippen LogP contribution in [0.25, 0.3) is 27.6 Å². The topological polar surface area (TPSA) is 33.5 Å². The Kier molecular flexibility index (Phi) is 10.3. The first-order chi connectivity index (χ1) is 26.4. The number of ether oxygens (including phenoxy) is 1. The molecular formula is C51H53N4OPt-3. The summed E-state index contributed by atoms with van der Waals surface area (Å²) in [5, 5.41) is 2.25. The van der Waals surface area contributed by atoms with Crippen LogP contribution in [0.1, 0.15) is 95.7 Å². The number of fused-ring (bicyclic) bond motifs is 4. The molecule has 0 unspecified atom stereocenters. The molecule has 2 aromatic heterocycles. The van der Waals surface area contributed by atoms with Crippen LogP contribution in [-0.4, -0.2) is 9.55 Å². The molecule has 1 aliphatic heterocycles. The Labute approximate surface area is 354 Å². The first-order valence-corrected chi connectivity index (χ1v) is 19.7. The van der Waals surface area contributed by atoms with Gasteiger partial charge >= 0.3 is 0 Å². The van der Waals surface area contributed by atoms with Gasteiger partial charge in [-0.05, 0) is 94.5 Å². The second-order valence-corrected chi connectivity index (χ2v) is 18.6. The molecule has 0 radical (unpaired) electrons. The third-order valence-corrected chi connectivity index (χ3v) is 11.0. The van der Waals surface area contributed by atoms with Crippen molar-refractivity contribution in [2.45, 2.75) is 99.3 Å². The molecule has 7 aromatic rings. The van der Waals surface area contributed by atoms with E-state index in [1.165, 1.54) is 44.8 Å². The molecular weight excluding hydrogens is 880 g/mol. The van der Waals surface area contributed by atoms with Gasteiger partial charge in [-0.25, -0.2) is 4.98 Å². The summed E-state index contributed by atoms with van der Waals surface area (Å²) in [5.74, 6) is 2.10. The molecule has 6 heteroatoms. The fourth-order valence-electron chi connectivity index (χ4n) is 8.14. The number of hydrogen-bond acceptors (Lipinski definition) is 4. The van der Waals surface area contributed by atoms with E-state index >= 15 is 0 Å². The van der Waals surface area contributed by atoms with E-state index in [2.05, 4.69) is 195 Å². The number of benzene rings is 5. The Hall–Kier alpha value is -4.86. The van der Waals surface area contributed by atoms with Crippen LogP contribution in [0.4, 0.5) is 22.7 Å². The zero-order chi connectivity index (χ0) is 39.9. The van der Waals surface area contributed by atoms with E-state index in [4.69, 9.17) is 9.72 Å². The van der Waals surface area contributed by atoms with Crippen molar-refractivity contribution in [3.8, 4) is 17.3 Å². The van der Waals surface area contributed by atoms with Crippen LogP contribution in [0.15, 0.2) is 97.2 Å². The molecule has 0 bridgehead atoms. The first-order valence-electron chi connectivity index (χ1n) is 19.7. The van der Waals surface area contributed by atoms with Gasteiger partial charge in [-0.1, -0.05) is 110 Å². The third kappa shape index (κ3) is 7.40. The van der Waals surface area contributed by atoms with Gasteiger partial charge in [-0.15, -0.1) is 48.1 Å². The van der Waals surface area contributed by atoms with Gasteiger partial charge in [0.25, 0.3) is 0 Å². The van der Waals surface area contributed by atoms with Crippen molar-refractivity contribution in [1.82, 2.24) is 9.55 Å². The van der Waals surface area contributed by atoms with Gasteiger partial charge in [0, 0.05) is 61.3 Å². The number of nitrogens with zero attached hydrogens (tertiary/aromatic N) is 4. The van der Waals surface area contributed by atoms with E-state index in [-0.39, 0.29) is 37.3 Å². The average Bonchev–Trinajstić information content (AvgIpc) is 3.66. The third-order valence-electron chi connectivity index (χ3n) is 11.0. The van der Waals surface area contributed by atoms with Gasteiger partial charge in [-0.3, -0.25) is 0 Å². The van der Waals surface area contributed by atoms with Crippen molar-refractivity contribution >= 4 is 44.6 Å². The first kappa shape index (κ1) is 40.3. The molecule has 5 aromatic carbocycles. The molecule has 1 aliphatic rings. The van der Waals surface area contributed by atoms with E-state index < -0.39 is 0 Å². The molecule has 0 atom stereocenters. The quantitative estimate of drug-likeness (QED) is 0.161. The number of anilines is 4. The molecule has 8 rings (SSSR count). The van der Waals surface area contributed by atoms with Gasteiger partial charge in [0.1, 0.15) is 5.82 Å². The minimum absolute atomic E-state index is 0. The Morgan fingerprint density at radius 3 is 1.98 bits per heavy atom. The maximum Gasteiger partial charge on any atom is 0.135 e. The number of hydrogen-bond donors (Lipinski definition) is 0. The number of pyridine rings is 1. The number of aromatic nitrogens is 2. The summed E-state index contributed by atoms with van der Waals surface area (Å²) in [5.41, 5.74) is 13.9. The summed E-state index contributed by atoms with van der Waals surface area (Å²) in [4.78, 5) is 9.53. The van der Waals surface area contributed by atoms with Crippen LogP contribution in [0.5, 0.6) is 11.5 Å². The summed E-state index contributed by atoms with van der Waals surface area (Å²) in [6, 6.07) is 39.7. The standard InChI is InChI=1S/C51H53N4O.Pt/c1-32-24-33(2)47(34(3)25-32)54-31-53(45-27-36(50(7,8)9)26-42(48(45)54)51(10,11)12)37-16-15-17-38(29-37)56-39-20-21-41-40-18-13-14-19-43(40)55(44(41)30-39)46-28-35(22-23-52-46)49(4,5)6;/h13-28,31H,1-12H3;/q-3;. The number of aryl methyl sites for hydroxylation is 3. The Balaban J connectivity index is 0.00000496. The van der Waals surface area contributed by atoms with Crippen LogP contribution in [0.2, 0.25) is 0 Å². The predicted molar refractivity (Wildman–Crippen MR) is 235 cm³/mol. The molecule has 0 spiro atoms. The van der Waals surface area contributed by atoms with Gasteiger partial charge < -0.3 is 19.1 Å². The predicted octanol–water partition coefficient (Wildman–Crippen LogP) is 13.8. The second-order valence-electron chi connectivity index (χ2n) is 18.6. The SMILES string of the molecule is Cc1cc(C)c(N2[CH-]N(c3[c-]c(Oc4[c-]c5c(cc4)c4ccccc4n5-c4cc(C(C)(C)C)ccn4)ccc3)c3cc(C(C)(C)C)cc(C(C)(C)C)c32)c(C)c1.[Pt]. The summed E-state index contributed by atoms with van der Waals surface area (Å²) in [6.45, 7) is 29.4. The summed E-state index contributed by atoms with van der Waals surface area (Å²) in [6.07, 6.45) is 1.91. The van der Waals surface area contributed by atoms with Crippen molar-refractivity contribution in [3.63, 3.8) is 0 Å². The van der Waals surface area contributed by atoms with Crippen molar-refractivity contribution in [1.29, 1.82) is 0 Å². The largest absolute Gasteiger partial charge is 0.509 e. The Bertz CT molecular complexity index is 2630. The van der Waals surface area contributed by atoms with Crippen molar-refractivity contribution in [2.75, 3.05) is 9.80 Å². The molecule has 0 aliphatic carbocycles. The van der Waals surface area contributed by atoms with Crippen LogP contribution >= 0.6 is 0 Å². The molecule has 5 nitrogen and oxygen atoms in total. The zero-order valence-electron chi connectivity index (χ0n) is 35.3. The molecule has 0 amide bonds. The molecule has 0 N–H and O–H groups in total. The van der Waals surface area contributed by atoms with Crippen LogP contribution in [-0.2, 0) is 37.3 Å². The minimum atomic E-state index is -0.102. The van der Waals surface area contributed by atoms with Gasteiger partial charge in [0.2, 0.25) is 0 Å². The number of rotatable bonds is 5. The fourth-order valence-corrected chi connectivity index (χ4v) is 8.14. The average molecular weight is 933 g/mol. The van der Waals surface area contributed by atoms with Crippen molar-refractivity contribution in [2.24, 2.45) is 0 Å². The van der Waals surface area contributed by atoms with Crippen LogP contribution in [0.3, 0.4) is 0 Å². The summed E-state index contributed by atoms with van der Waals surface area (Å²) >= 11 is 0. The molecule has 3 heterocycles. The summed E-state index contributed by atoms with van der Waals surface area (Å²) in [7, 11) is 0. The van der Waals surface area contributed by atoms with Gasteiger partial charge in [0.15, 0.2) is 0 Å². The molecule has 0 saturated heterocycles. The molecule has 296 valence electrons. The molecule has 57 heavy (non-hydrogen) atoms. The van der Waals surface area contributed by atoms with Crippen LogP contribution in [0, 0.1) is 39.6 Å². The van der Waals surface area contributed by atoms with E-state index in [9.17, 15) is 0 Å². The van der Waals surface area contributed by atoms with Crippen LogP contribution < -0.4 is 14.5 Å². The normalized spacial score (nSPS) is 13.3. The van der Waals surface area contributed by atoms with Crippen molar-refractivity contribution < 1.29 is 25.8 Å². The molecule has 0 fully saturated rings. The van der Waals surface area contributed by atoms with E-state index in [0.29, 0.717) is 11.5 Å². The maximum absolute atomic E-state index is 6.66. The zero-order valence-corrected chi connectivity index (χ0v) is 37.6. The smallest absolute Gasteiger partial charge is 0.135 e. The van der Waals surface area contributed by atoms with E-state index in [0.717, 1.165) is 39.0 Å². The van der Waals surface area contributed by atoms with E-state index in [1.54, 1.807) is 0 Å². The monoisotopic (exact) mass is 932 g/mol. The van der Waals surface area contributed by atoms with Gasteiger partial charge in [-0.2, -0.15) is 12.1 Å².